The number of rotatable bonds is 3. The van der Waals surface area contributed by atoms with Gasteiger partial charge in [-0.3, -0.25) is 0 Å². The van der Waals surface area contributed by atoms with Crippen molar-refractivity contribution in [3.63, 3.8) is 0 Å². The van der Waals surface area contributed by atoms with Crippen LogP contribution in [0.3, 0.4) is 0 Å². The number of carbonyl (C=O) groups is 1. The highest BCUT2D eigenvalue weighted by Gasteiger charge is 2.10. The van der Waals surface area contributed by atoms with Gasteiger partial charge in [0.2, 0.25) is 0 Å². The Labute approximate surface area is 124 Å². The first-order valence-corrected chi connectivity index (χ1v) is 6.75. The van der Waals surface area contributed by atoms with E-state index in [1.165, 1.54) is 11.1 Å². The van der Waals surface area contributed by atoms with Crippen LogP contribution in [-0.2, 0) is 0 Å². The van der Waals surface area contributed by atoms with E-state index in [9.17, 15) is 4.79 Å². The molecule has 2 aromatic rings. The normalized spacial score (nSPS) is 11.0. The largest absolute Gasteiger partial charge is 0.350 e. The molecule has 1 heterocycles. The van der Waals surface area contributed by atoms with Crippen molar-refractivity contribution in [2.75, 3.05) is 0 Å². The summed E-state index contributed by atoms with van der Waals surface area (Å²) in [5, 5.41) is 3.82. The van der Waals surface area contributed by atoms with Gasteiger partial charge in [-0.1, -0.05) is 6.07 Å². The fourth-order valence-electron chi connectivity index (χ4n) is 2.35. The first kappa shape index (κ1) is 14.8. The Kier molecular flexibility index (Phi) is 4.12. The van der Waals surface area contributed by atoms with Crippen molar-refractivity contribution >= 4 is 12.2 Å². The monoisotopic (exact) mass is 284 g/mol. The number of carbonyl (C=O) groups excluding carboxylic acids is 1. The number of primary amides is 1. The molecule has 3 N–H and O–H groups in total. The number of aromatic nitrogens is 1. The predicted octanol–water partition coefficient (Wildman–Crippen LogP) is 2.71. The van der Waals surface area contributed by atoms with Gasteiger partial charge in [-0.25, -0.2) is 10.2 Å². The third kappa shape index (κ3) is 3.13. The summed E-state index contributed by atoms with van der Waals surface area (Å²) in [4.78, 5) is 10.6. The highest BCUT2D eigenvalue weighted by Crippen LogP contribution is 2.21. The summed E-state index contributed by atoms with van der Waals surface area (Å²) < 4.78 is 2.16. The Morgan fingerprint density at radius 1 is 1.19 bits per heavy atom. The van der Waals surface area contributed by atoms with Crippen molar-refractivity contribution in [2.45, 2.75) is 27.7 Å². The van der Waals surface area contributed by atoms with Crippen LogP contribution in [0.1, 0.15) is 28.1 Å². The van der Waals surface area contributed by atoms with Gasteiger partial charge in [0.15, 0.2) is 0 Å². The Bertz CT molecular complexity index is 713. The first-order chi connectivity index (χ1) is 9.90. The number of hydrogen-bond acceptors (Lipinski definition) is 2. The van der Waals surface area contributed by atoms with Crippen molar-refractivity contribution in [3.8, 4) is 5.69 Å². The zero-order valence-electron chi connectivity index (χ0n) is 12.8. The molecule has 0 unspecified atom stereocenters. The van der Waals surface area contributed by atoms with Gasteiger partial charge in [0, 0.05) is 22.6 Å². The maximum absolute atomic E-state index is 10.6. The molecule has 5 heteroatoms. The SMILES string of the molecule is Cc1ccc(-n2c(C)cc(/C=N\NC(N)=O)c2C)cc1C. The van der Waals surface area contributed by atoms with Crippen LogP contribution < -0.4 is 11.2 Å². The van der Waals surface area contributed by atoms with Crippen LogP contribution >= 0.6 is 0 Å². The average molecular weight is 284 g/mol. The lowest BCUT2D eigenvalue weighted by Crippen LogP contribution is -2.24. The molecule has 1 aromatic carbocycles. The molecule has 2 amide bonds. The maximum atomic E-state index is 10.6. The second kappa shape index (κ2) is 5.83. The molecule has 0 aliphatic rings. The van der Waals surface area contributed by atoms with Crippen LogP contribution in [0.4, 0.5) is 4.79 Å². The zero-order valence-corrected chi connectivity index (χ0v) is 12.8. The van der Waals surface area contributed by atoms with Crippen molar-refractivity contribution in [3.05, 3.63) is 52.3 Å². The highest BCUT2D eigenvalue weighted by molar-refractivity contribution is 5.83. The lowest BCUT2D eigenvalue weighted by molar-refractivity contribution is 0.249. The number of amides is 2. The second-order valence-corrected chi connectivity index (χ2v) is 5.16. The number of nitrogens with two attached hydrogens (primary N) is 1. The number of hydrogen-bond donors (Lipinski definition) is 2. The third-order valence-electron chi connectivity index (χ3n) is 3.60. The molecule has 2 rings (SSSR count). The molecular weight excluding hydrogens is 264 g/mol. The van der Waals surface area contributed by atoms with Crippen LogP contribution in [0.5, 0.6) is 0 Å². The summed E-state index contributed by atoms with van der Waals surface area (Å²) in [5.74, 6) is 0. The topological polar surface area (TPSA) is 72.4 Å². The molecule has 0 spiro atoms. The number of urea groups is 1. The molecule has 5 nitrogen and oxygen atoms in total. The van der Waals surface area contributed by atoms with Crippen LogP contribution in [0, 0.1) is 27.7 Å². The van der Waals surface area contributed by atoms with Crippen molar-refractivity contribution < 1.29 is 4.79 Å². The van der Waals surface area contributed by atoms with Crippen LogP contribution in [0.25, 0.3) is 5.69 Å². The van der Waals surface area contributed by atoms with E-state index in [-0.39, 0.29) is 0 Å². The number of hydrazone groups is 1. The number of nitrogens with one attached hydrogen (secondary N) is 1. The third-order valence-corrected chi connectivity index (χ3v) is 3.60. The molecule has 0 radical (unpaired) electrons. The summed E-state index contributed by atoms with van der Waals surface area (Å²) in [7, 11) is 0. The summed E-state index contributed by atoms with van der Waals surface area (Å²) >= 11 is 0. The standard InChI is InChI=1S/C16H20N4O/c1-10-5-6-15(7-11(10)2)20-12(3)8-14(13(20)4)9-18-19-16(17)21/h5-9H,1-4H3,(H3,17,19,21)/b18-9-. The Morgan fingerprint density at radius 3 is 2.52 bits per heavy atom. The second-order valence-electron chi connectivity index (χ2n) is 5.16. The van der Waals surface area contributed by atoms with Crippen LogP contribution in [0.2, 0.25) is 0 Å². The summed E-state index contributed by atoms with van der Waals surface area (Å²) in [6.07, 6.45) is 1.60. The molecule has 0 fully saturated rings. The Hall–Kier alpha value is -2.56. The highest BCUT2D eigenvalue weighted by atomic mass is 16.2. The molecule has 110 valence electrons. The van der Waals surface area contributed by atoms with Gasteiger partial charge in [-0.15, -0.1) is 0 Å². The van der Waals surface area contributed by atoms with E-state index >= 15 is 0 Å². The van der Waals surface area contributed by atoms with E-state index in [1.807, 2.05) is 19.9 Å². The molecule has 0 aliphatic heterocycles. The van der Waals surface area contributed by atoms with Gasteiger partial charge in [-0.2, -0.15) is 5.10 Å². The summed E-state index contributed by atoms with van der Waals surface area (Å²) in [5.41, 5.74) is 13.9. The molecule has 0 atom stereocenters. The van der Waals surface area contributed by atoms with E-state index in [1.54, 1.807) is 6.21 Å². The number of aryl methyl sites for hydroxylation is 3. The van der Waals surface area contributed by atoms with Crippen LogP contribution in [0.15, 0.2) is 29.4 Å². The molecule has 0 aliphatic carbocycles. The molecule has 0 bridgehead atoms. The van der Waals surface area contributed by atoms with E-state index in [4.69, 9.17) is 5.73 Å². The average Bonchev–Trinajstić information content (AvgIpc) is 2.68. The summed E-state index contributed by atoms with van der Waals surface area (Å²) in [6, 6.07) is 7.74. The van der Waals surface area contributed by atoms with E-state index in [2.05, 4.69) is 47.1 Å². The van der Waals surface area contributed by atoms with Crippen molar-refractivity contribution in [1.82, 2.24) is 9.99 Å². The van der Waals surface area contributed by atoms with Gasteiger partial charge in [-0.05, 0) is 57.0 Å². The Balaban J connectivity index is 2.41. The zero-order chi connectivity index (χ0) is 15.6. The Morgan fingerprint density at radius 2 is 1.90 bits per heavy atom. The number of benzene rings is 1. The van der Waals surface area contributed by atoms with E-state index in [0.717, 1.165) is 22.6 Å². The van der Waals surface area contributed by atoms with Crippen molar-refractivity contribution in [2.24, 2.45) is 10.8 Å². The quantitative estimate of drug-likeness (QED) is 0.660. The van der Waals surface area contributed by atoms with Gasteiger partial charge in [0.25, 0.3) is 0 Å². The fourth-order valence-corrected chi connectivity index (χ4v) is 2.35. The predicted molar refractivity (Wildman–Crippen MR) is 85.0 cm³/mol. The molecular formula is C16H20N4O. The van der Waals surface area contributed by atoms with E-state index < -0.39 is 6.03 Å². The minimum Gasteiger partial charge on any atom is -0.350 e. The fraction of sp³-hybridized carbons (Fsp3) is 0.250. The number of nitrogens with zero attached hydrogens (tertiary/aromatic N) is 2. The first-order valence-electron chi connectivity index (χ1n) is 6.75. The lowest BCUT2D eigenvalue weighted by Gasteiger charge is -2.11. The molecule has 0 saturated carbocycles. The maximum Gasteiger partial charge on any atom is 0.332 e. The van der Waals surface area contributed by atoms with Gasteiger partial charge >= 0.3 is 6.03 Å². The van der Waals surface area contributed by atoms with Crippen LogP contribution in [-0.4, -0.2) is 16.8 Å². The minimum absolute atomic E-state index is 0.672. The molecule has 0 saturated heterocycles. The van der Waals surface area contributed by atoms with Crippen molar-refractivity contribution in [1.29, 1.82) is 0 Å². The smallest absolute Gasteiger partial charge is 0.332 e. The molecule has 21 heavy (non-hydrogen) atoms. The van der Waals surface area contributed by atoms with Gasteiger partial charge in [0.1, 0.15) is 0 Å². The van der Waals surface area contributed by atoms with Gasteiger partial charge < -0.3 is 10.3 Å². The lowest BCUT2D eigenvalue weighted by atomic mass is 10.1. The molecule has 1 aromatic heterocycles. The van der Waals surface area contributed by atoms with E-state index in [0.29, 0.717) is 0 Å². The van der Waals surface area contributed by atoms with Gasteiger partial charge in [0.05, 0.1) is 6.21 Å². The minimum atomic E-state index is -0.672. The summed E-state index contributed by atoms with van der Waals surface area (Å²) in [6.45, 7) is 8.27.